The Morgan fingerprint density at radius 1 is 1.41 bits per heavy atom. The number of benzene rings is 1. The molecule has 0 aliphatic rings. The van der Waals surface area contributed by atoms with Crippen molar-refractivity contribution >= 4 is 6.09 Å². The van der Waals surface area contributed by atoms with E-state index in [4.69, 9.17) is 10.5 Å². The van der Waals surface area contributed by atoms with Crippen LogP contribution in [0.5, 0.6) is 5.75 Å². The van der Waals surface area contributed by atoms with Crippen LogP contribution in [0.4, 0.5) is 4.79 Å². The summed E-state index contributed by atoms with van der Waals surface area (Å²) >= 11 is 0. The fourth-order valence-electron chi connectivity index (χ4n) is 1.95. The largest absolute Gasteiger partial charge is 0.508 e. The number of carbonyl (C=O) groups excluding carboxylic acids is 1. The lowest BCUT2D eigenvalue weighted by Gasteiger charge is -2.22. The number of ether oxygens (including phenoxy) is 1. The van der Waals surface area contributed by atoms with Gasteiger partial charge in [-0.3, -0.25) is 0 Å². The monoisotopic (exact) mass is 310 g/mol. The van der Waals surface area contributed by atoms with Gasteiger partial charge in [-0.2, -0.15) is 0 Å². The van der Waals surface area contributed by atoms with Gasteiger partial charge >= 0.3 is 6.09 Å². The number of phenols is 1. The van der Waals surface area contributed by atoms with E-state index >= 15 is 0 Å². The molecule has 1 amide bonds. The third-order valence-corrected chi connectivity index (χ3v) is 3.05. The van der Waals surface area contributed by atoms with Gasteiger partial charge in [0.15, 0.2) is 0 Å². The number of nitrogens with two attached hydrogens (primary N) is 1. The van der Waals surface area contributed by atoms with E-state index in [-0.39, 0.29) is 12.3 Å². The summed E-state index contributed by atoms with van der Waals surface area (Å²) in [5.74, 6) is 0.00801. The highest BCUT2D eigenvalue weighted by atomic mass is 16.6. The zero-order valence-electron chi connectivity index (χ0n) is 13.6. The van der Waals surface area contributed by atoms with Gasteiger partial charge < -0.3 is 26.0 Å². The lowest BCUT2D eigenvalue weighted by atomic mass is 9.98. The van der Waals surface area contributed by atoms with E-state index in [1.165, 1.54) is 6.07 Å². The molecule has 2 atom stereocenters. The second kappa shape index (κ2) is 7.47. The molecule has 2 unspecified atom stereocenters. The number of aliphatic hydroxyl groups is 1. The zero-order valence-corrected chi connectivity index (χ0v) is 13.6. The Morgan fingerprint density at radius 2 is 2.05 bits per heavy atom. The molecule has 22 heavy (non-hydrogen) atoms. The third kappa shape index (κ3) is 5.91. The molecule has 0 radical (unpaired) electrons. The van der Waals surface area contributed by atoms with E-state index in [0.29, 0.717) is 12.0 Å². The molecule has 0 bridgehead atoms. The minimum absolute atomic E-state index is 0.00801. The van der Waals surface area contributed by atoms with Gasteiger partial charge in [0.05, 0.1) is 6.10 Å². The van der Waals surface area contributed by atoms with Crippen LogP contribution in [0, 0.1) is 6.92 Å². The lowest BCUT2D eigenvalue weighted by Crippen LogP contribution is -2.37. The summed E-state index contributed by atoms with van der Waals surface area (Å²) in [5, 5.41) is 22.6. The molecule has 0 heterocycles. The van der Waals surface area contributed by atoms with Crippen molar-refractivity contribution in [2.45, 2.75) is 51.9 Å². The molecule has 6 heteroatoms. The predicted octanol–water partition coefficient (Wildman–Crippen LogP) is 1.98. The fraction of sp³-hybridized carbons (Fsp3) is 0.562. The van der Waals surface area contributed by atoms with Crippen molar-refractivity contribution < 1.29 is 19.7 Å². The van der Waals surface area contributed by atoms with E-state index in [1.54, 1.807) is 32.9 Å². The van der Waals surface area contributed by atoms with Crippen LogP contribution in [-0.2, 0) is 4.74 Å². The van der Waals surface area contributed by atoms with Gasteiger partial charge in [-0.25, -0.2) is 4.79 Å². The van der Waals surface area contributed by atoms with Crippen LogP contribution in [0.15, 0.2) is 18.2 Å². The van der Waals surface area contributed by atoms with Gasteiger partial charge in [-0.1, -0.05) is 11.6 Å². The first-order valence-corrected chi connectivity index (χ1v) is 7.30. The highest BCUT2D eigenvalue weighted by molar-refractivity contribution is 5.67. The van der Waals surface area contributed by atoms with Crippen molar-refractivity contribution in [3.05, 3.63) is 29.3 Å². The minimum Gasteiger partial charge on any atom is -0.508 e. The molecule has 6 nitrogen and oxygen atoms in total. The number of hydrogen-bond acceptors (Lipinski definition) is 5. The van der Waals surface area contributed by atoms with Crippen molar-refractivity contribution in [3.63, 3.8) is 0 Å². The summed E-state index contributed by atoms with van der Waals surface area (Å²) in [7, 11) is 0. The molecule has 0 aliphatic heterocycles. The Hall–Kier alpha value is -1.79. The molecule has 0 fully saturated rings. The fourth-order valence-corrected chi connectivity index (χ4v) is 1.95. The number of aromatic hydroxyl groups is 1. The van der Waals surface area contributed by atoms with Gasteiger partial charge in [0.25, 0.3) is 0 Å². The number of aliphatic hydroxyl groups excluding tert-OH is 1. The molecule has 1 aromatic carbocycles. The Balaban J connectivity index is 2.50. The maximum Gasteiger partial charge on any atom is 0.407 e. The second-order valence-corrected chi connectivity index (χ2v) is 6.39. The first-order valence-electron chi connectivity index (χ1n) is 7.30. The molecular weight excluding hydrogens is 284 g/mol. The van der Waals surface area contributed by atoms with E-state index in [9.17, 15) is 15.0 Å². The van der Waals surface area contributed by atoms with Crippen molar-refractivity contribution in [2.75, 3.05) is 6.54 Å². The highest BCUT2D eigenvalue weighted by Crippen LogP contribution is 2.27. The molecule has 124 valence electrons. The van der Waals surface area contributed by atoms with E-state index in [2.05, 4.69) is 5.32 Å². The first-order chi connectivity index (χ1) is 10.1. The van der Waals surface area contributed by atoms with E-state index < -0.39 is 23.8 Å². The molecule has 1 aromatic rings. The van der Waals surface area contributed by atoms with Gasteiger partial charge in [-0.05, 0) is 46.2 Å². The molecular formula is C16H26N2O4. The molecule has 0 aliphatic carbocycles. The van der Waals surface area contributed by atoms with Crippen molar-refractivity contribution in [2.24, 2.45) is 5.73 Å². The van der Waals surface area contributed by atoms with Gasteiger partial charge in [0.2, 0.25) is 0 Å². The standard InChI is InChI=1S/C16H26N2O4/c1-10-5-6-13(19)11(9-10)14(20)12(17)7-8-18-15(21)22-16(2,3)4/h5-6,9,12,14,19-20H,7-8,17H2,1-4H3,(H,18,21). The molecule has 0 saturated heterocycles. The minimum atomic E-state index is -1.000. The zero-order chi connectivity index (χ0) is 16.9. The van der Waals surface area contributed by atoms with Crippen molar-refractivity contribution in [1.29, 1.82) is 0 Å². The average molecular weight is 310 g/mol. The SMILES string of the molecule is Cc1ccc(O)c(C(O)C(N)CCNC(=O)OC(C)(C)C)c1. The van der Waals surface area contributed by atoms with E-state index in [1.807, 2.05) is 6.92 Å². The van der Waals surface area contributed by atoms with Gasteiger partial charge in [0.1, 0.15) is 11.4 Å². The van der Waals surface area contributed by atoms with Crippen LogP contribution >= 0.6 is 0 Å². The summed E-state index contributed by atoms with van der Waals surface area (Å²) in [6, 6.07) is 4.37. The Labute approximate surface area is 131 Å². The summed E-state index contributed by atoms with van der Waals surface area (Å²) in [6.45, 7) is 7.48. The van der Waals surface area contributed by atoms with Crippen molar-refractivity contribution in [1.82, 2.24) is 5.32 Å². The molecule has 0 saturated carbocycles. The lowest BCUT2D eigenvalue weighted by molar-refractivity contribution is 0.0521. The van der Waals surface area contributed by atoms with Crippen LogP contribution in [0.2, 0.25) is 0 Å². The molecule has 1 rings (SSSR count). The van der Waals surface area contributed by atoms with Crippen LogP contribution < -0.4 is 11.1 Å². The molecule has 0 spiro atoms. The Bertz CT molecular complexity index is 511. The summed E-state index contributed by atoms with van der Waals surface area (Å²) in [4.78, 5) is 11.5. The summed E-state index contributed by atoms with van der Waals surface area (Å²) in [6.07, 6.45) is -1.17. The maximum atomic E-state index is 11.5. The maximum absolute atomic E-state index is 11.5. The van der Waals surface area contributed by atoms with Crippen LogP contribution in [0.3, 0.4) is 0 Å². The number of phenolic OH excluding ortho intramolecular Hbond substituents is 1. The quantitative estimate of drug-likeness (QED) is 0.665. The van der Waals surface area contributed by atoms with Gasteiger partial charge in [-0.15, -0.1) is 0 Å². The normalized spacial score (nSPS) is 14.3. The number of hydrogen-bond donors (Lipinski definition) is 4. The summed E-state index contributed by atoms with van der Waals surface area (Å²) < 4.78 is 5.11. The molecule has 0 aromatic heterocycles. The van der Waals surface area contributed by atoms with Gasteiger partial charge in [0, 0.05) is 18.2 Å². The topological polar surface area (TPSA) is 105 Å². The van der Waals surface area contributed by atoms with E-state index in [0.717, 1.165) is 5.56 Å². The first kappa shape index (κ1) is 18.3. The van der Waals surface area contributed by atoms with Crippen LogP contribution in [0.25, 0.3) is 0 Å². The summed E-state index contributed by atoms with van der Waals surface area (Å²) in [5.41, 5.74) is 6.69. The number of nitrogens with one attached hydrogen (secondary N) is 1. The Kier molecular flexibility index (Phi) is 6.20. The number of rotatable bonds is 5. The smallest absolute Gasteiger partial charge is 0.407 e. The van der Waals surface area contributed by atoms with Crippen molar-refractivity contribution in [3.8, 4) is 5.75 Å². The number of alkyl carbamates (subject to hydrolysis) is 1. The predicted molar refractivity (Wildman–Crippen MR) is 84.6 cm³/mol. The average Bonchev–Trinajstić information content (AvgIpc) is 2.38. The highest BCUT2D eigenvalue weighted by Gasteiger charge is 2.21. The second-order valence-electron chi connectivity index (χ2n) is 6.39. The van der Waals surface area contributed by atoms with Crippen LogP contribution in [0.1, 0.15) is 44.4 Å². The number of aryl methyl sites for hydroxylation is 1. The van der Waals surface area contributed by atoms with Crippen LogP contribution in [-0.4, -0.2) is 34.5 Å². The number of amides is 1. The Morgan fingerprint density at radius 3 is 2.64 bits per heavy atom. The number of carbonyl (C=O) groups is 1. The third-order valence-electron chi connectivity index (χ3n) is 3.05. The molecule has 5 N–H and O–H groups in total.